The van der Waals surface area contributed by atoms with Crippen LogP contribution in [0.4, 0.5) is 11.5 Å². The molecule has 3 aromatic rings. The molecule has 1 aliphatic rings. The van der Waals surface area contributed by atoms with Crippen molar-refractivity contribution in [1.29, 1.82) is 0 Å². The van der Waals surface area contributed by atoms with Crippen LogP contribution in [0.25, 0.3) is 11.0 Å². The Labute approximate surface area is 158 Å². The number of aromatic amines is 1. The average molecular weight is 364 g/mol. The van der Waals surface area contributed by atoms with Crippen LogP contribution in [0.15, 0.2) is 36.8 Å². The summed E-state index contributed by atoms with van der Waals surface area (Å²) in [5.41, 5.74) is 3.89. The van der Waals surface area contributed by atoms with Crippen molar-refractivity contribution in [3.63, 3.8) is 0 Å². The molecule has 27 heavy (non-hydrogen) atoms. The summed E-state index contributed by atoms with van der Waals surface area (Å²) in [5, 5.41) is 4.42. The van der Waals surface area contributed by atoms with E-state index in [4.69, 9.17) is 0 Å². The zero-order chi connectivity index (χ0) is 18.8. The molecule has 0 spiro atoms. The molecule has 2 aromatic heterocycles. The Kier molecular flexibility index (Phi) is 4.77. The number of fused-ring (bicyclic) bond motifs is 2. The van der Waals surface area contributed by atoms with Crippen molar-refractivity contribution >= 4 is 28.4 Å². The summed E-state index contributed by atoms with van der Waals surface area (Å²) in [6.45, 7) is 2.46. The number of rotatable bonds is 0. The standard InChI is InChI=1S/C20H24N6O/c1-25-7-4-8-26(2)17(27)10-14-5-3-6-16(9-14)24-20-18-15(12-25)11-21-19(18)22-13-23-20/h3,5-6,9,11,13H,4,7-8,10,12H2,1-2H3,(H2,21,22,23,24). The Bertz CT molecular complexity index is 966. The van der Waals surface area contributed by atoms with Gasteiger partial charge in [0, 0.05) is 32.0 Å². The van der Waals surface area contributed by atoms with Gasteiger partial charge in [-0.15, -0.1) is 0 Å². The molecule has 140 valence electrons. The Morgan fingerprint density at radius 3 is 2.93 bits per heavy atom. The van der Waals surface area contributed by atoms with Crippen LogP contribution in [-0.4, -0.2) is 57.8 Å². The lowest BCUT2D eigenvalue weighted by atomic mass is 10.1. The minimum atomic E-state index is 0.139. The second kappa shape index (κ2) is 7.36. The number of amides is 1. The maximum Gasteiger partial charge on any atom is 0.226 e. The van der Waals surface area contributed by atoms with E-state index in [2.05, 4.69) is 32.2 Å². The molecule has 0 unspecified atom stereocenters. The molecule has 1 aliphatic heterocycles. The van der Waals surface area contributed by atoms with Crippen LogP contribution in [0.3, 0.4) is 0 Å². The number of benzene rings is 1. The fraction of sp³-hybridized carbons (Fsp3) is 0.350. The first kappa shape index (κ1) is 17.5. The summed E-state index contributed by atoms with van der Waals surface area (Å²) in [7, 11) is 3.97. The van der Waals surface area contributed by atoms with E-state index < -0.39 is 0 Å². The SMILES string of the molecule is CN1CCCN(C)C(=O)Cc2cccc(c2)Nc2ncnc3[nH]cc(c23)C1. The Morgan fingerprint density at radius 2 is 2.04 bits per heavy atom. The predicted molar refractivity (Wildman–Crippen MR) is 106 cm³/mol. The Hall–Kier alpha value is -2.93. The largest absolute Gasteiger partial charge is 0.346 e. The van der Waals surface area contributed by atoms with Gasteiger partial charge in [0.2, 0.25) is 5.91 Å². The van der Waals surface area contributed by atoms with Gasteiger partial charge in [0.15, 0.2) is 0 Å². The molecule has 4 rings (SSSR count). The third-order valence-electron chi connectivity index (χ3n) is 5.00. The minimum Gasteiger partial charge on any atom is -0.346 e. The lowest BCUT2D eigenvalue weighted by Gasteiger charge is -2.20. The molecule has 0 saturated heterocycles. The number of H-pyrrole nitrogens is 1. The fourth-order valence-electron chi connectivity index (χ4n) is 3.52. The van der Waals surface area contributed by atoms with E-state index in [1.807, 2.05) is 42.4 Å². The third-order valence-corrected chi connectivity index (χ3v) is 5.00. The molecular weight excluding hydrogens is 340 g/mol. The number of aromatic nitrogens is 3. The highest BCUT2D eigenvalue weighted by Gasteiger charge is 2.15. The van der Waals surface area contributed by atoms with Crippen molar-refractivity contribution in [2.45, 2.75) is 19.4 Å². The van der Waals surface area contributed by atoms with Crippen molar-refractivity contribution in [2.24, 2.45) is 0 Å². The number of likely N-dealkylation sites (N-methyl/N-ethyl adjacent to an activating group) is 1. The molecule has 1 amide bonds. The minimum absolute atomic E-state index is 0.139. The topological polar surface area (TPSA) is 77.2 Å². The number of nitrogens with zero attached hydrogens (tertiary/aromatic N) is 4. The summed E-state index contributed by atoms with van der Waals surface area (Å²) in [5.74, 6) is 0.917. The second-order valence-corrected chi connectivity index (χ2v) is 7.17. The quantitative estimate of drug-likeness (QED) is 0.641. The number of carbonyl (C=O) groups excluding carboxylic acids is 1. The fourth-order valence-corrected chi connectivity index (χ4v) is 3.52. The van der Waals surface area contributed by atoms with Crippen molar-refractivity contribution in [2.75, 3.05) is 32.5 Å². The van der Waals surface area contributed by atoms with Crippen molar-refractivity contribution in [3.8, 4) is 0 Å². The summed E-state index contributed by atoms with van der Waals surface area (Å²) >= 11 is 0. The molecule has 2 N–H and O–H groups in total. The zero-order valence-corrected chi connectivity index (χ0v) is 15.7. The van der Waals surface area contributed by atoms with Gasteiger partial charge in [-0.1, -0.05) is 12.1 Å². The third kappa shape index (κ3) is 3.78. The summed E-state index contributed by atoms with van der Waals surface area (Å²) in [4.78, 5) is 28.7. The molecule has 0 aliphatic carbocycles. The summed E-state index contributed by atoms with van der Waals surface area (Å²) in [6, 6.07) is 7.95. The maximum atomic E-state index is 12.5. The van der Waals surface area contributed by atoms with Crippen LogP contribution in [0.5, 0.6) is 0 Å². The highest BCUT2D eigenvalue weighted by Crippen LogP contribution is 2.27. The Morgan fingerprint density at radius 1 is 1.15 bits per heavy atom. The van der Waals surface area contributed by atoms with Crippen LogP contribution in [0, 0.1) is 0 Å². The lowest BCUT2D eigenvalue weighted by Crippen LogP contribution is -2.31. The van der Waals surface area contributed by atoms with E-state index >= 15 is 0 Å². The van der Waals surface area contributed by atoms with Gasteiger partial charge in [0.05, 0.1) is 11.8 Å². The highest BCUT2D eigenvalue weighted by atomic mass is 16.2. The van der Waals surface area contributed by atoms with E-state index in [0.29, 0.717) is 6.42 Å². The van der Waals surface area contributed by atoms with Gasteiger partial charge in [0.1, 0.15) is 17.8 Å². The van der Waals surface area contributed by atoms with Crippen LogP contribution in [-0.2, 0) is 17.8 Å². The maximum absolute atomic E-state index is 12.5. The normalized spacial score (nSPS) is 16.7. The van der Waals surface area contributed by atoms with Crippen LogP contribution >= 0.6 is 0 Å². The molecule has 0 fully saturated rings. The number of hydrogen-bond donors (Lipinski definition) is 2. The summed E-state index contributed by atoms with van der Waals surface area (Å²) in [6.07, 6.45) is 4.90. The van der Waals surface area contributed by atoms with Crippen LogP contribution in [0.2, 0.25) is 0 Å². The van der Waals surface area contributed by atoms with Gasteiger partial charge in [0.25, 0.3) is 0 Å². The first-order valence-corrected chi connectivity index (χ1v) is 9.19. The molecule has 0 atom stereocenters. The molecule has 0 saturated carbocycles. The Balaban J connectivity index is 1.75. The van der Waals surface area contributed by atoms with Crippen LogP contribution < -0.4 is 5.32 Å². The van der Waals surface area contributed by atoms with E-state index in [1.54, 1.807) is 6.33 Å². The van der Waals surface area contributed by atoms with Gasteiger partial charge in [-0.25, -0.2) is 9.97 Å². The van der Waals surface area contributed by atoms with Crippen LogP contribution in [0.1, 0.15) is 17.5 Å². The monoisotopic (exact) mass is 364 g/mol. The van der Waals surface area contributed by atoms with Gasteiger partial charge in [-0.3, -0.25) is 4.79 Å². The number of hydrogen-bond acceptors (Lipinski definition) is 5. The molecule has 7 nitrogen and oxygen atoms in total. The number of carbonyl (C=O) groups is 1. The van der Waals surface area contributed by atoms with E-state index in [0.717, 1.165) is 59.7 Å². The average Bonchev–Trinajstić information content (AvgIpc) is 3.05. The van der Waals surface area contributed by atoms with E-state index in [1.165, 1.54) is 0 Å². The summed E-state index contributed by atoms with van der Waals surface area (Å²) < 4.78 is 0. The number of anilines is 2. The van der Waals surface area contributed by atoms with Gasteiger partial charge < -0.3 is 20.1 Å². The van der Waals surface area contributed by atoms with Gasteiger partial charge in [-0.2, -0.15) is 0 Å². The van der Waals surface area contributed by atoms with Crippen molar-refractivity contribution < 1.29 is 4.79 Å². The lowest BCUT2D eigenvalue weighted by molar-refractivity contribution is -0.129. The smallest absolute Gasteiger partial charge is 0.226 e. The number of nitrogens with one attached hydrogen (secondary N) is 2. The first-order valence-electron chi connectivity index (χ1n) is 9.19. The first-order chi connectivity index (χ1) is 13.1. The van der Waals surface area contributed by atoms with Crippen molar-refractivity contribution in [1.82, 2.24) is 24.8 Å². The second-order valence-electron chi connectivity index (χ2n) is 7.17. The van der Waals surface area contributed by atoms with Crippen molar-refractivity contribution in [3.05, 3.63) is 47.9 Å². The van der Waals surface area contributed by atoms with E-state index in [9.17, 15) is 4.79 Å². The molecule has 0 radical (unpaired) electrons. The predicted octanol–water partition coefficient (Wildman–Crippen LogP) is 2.54. The van der Waals surface area contributed by atoms with E-state index in [-0.39, 0.29) is 5.91 Å². The molecule has 3 heterocycles. The van der Waals surface area contributed by atoms with Gasteiger partial charge in [-0.05, 0) is 43.3 Å². The molecule has 7 heteroatoms. The molecule has 2 bridgehead atoms. The zero-order valence-electron chi connectivity index (χ0n) is 15.7. The van der Waals surface area contributed by atoms with Gasteiger partial charge >= 0.3 is 0 Å². The molecule has 1 aromatic carbocycles. The highest BCUT2D eigenvalue weighted by molar-refractivity contribution is 5.92. The molecular formula is C20H24N6O.